The minimum absolute atomic E-state index is 0.258. The van der Waals surface area contributed by atoms with Gasteiger partial charge in [-0.2, -0.15) is 5.26 Å². The van der Waals surface area contributed by atoms with Gasteiger partial charge in [0, 0.05) is 6.42 Å². The molecular weight excluding hydrogens is 181 g/mol. The molecule has 1 rings (SSSR count). The van der Waals surface area contributed by atoms with Gasteiger partial charge < -0.3 is 4.74 Å². The molecule has 0 aliphatic rings. The van der Waals surface area contributed by atoms with Gasteiger partial charge in [-0.25, -0.2) is 4.39 Å². The van der Waals surface area contributed by atoms with Crippen molar-refractivity contribution in [3.05, 3.63) is 29.6 Å². The van der Waals surface area contributed by atoms with Crippen LogP contribution in [-0.2, 0) is 0 Å². The van der Waals surface area contributed by atoms with Crippen molar-refractivity contribution in [2.75, 3.05) is 6.61 Å². The van der Waals surface area contributed by atoms with Crippen LogP contribution < -0.4 is 4.74 Å². The highest BCUT2D eigenvalue weighted by Crippen LogP contribution is 2.18. The summed E-state index contributed by atoms with van der Waals surface area (Å²) < 4.78 is 18.1. The summed E-state index contributed by atoms with van der Waals surface area (Å²) in [5.41, 5.74) is 0.780. The number of hydrogen-bond acceptors (Lipinski definition) is 2. The first-order chi connectivity index (χ1) is 6.74. The van der Waals surface area contributed by atoms with Gasteiger partial charge >= 0.3 is 0 Å². The lowest BCUT2D eigenvalue weighted by molar-refractivity contribution is 0.310. The van der Waals surface area contributed by atoms with Crippen LogP contribution in [0.15, 0.2) is 18.2 Å². The van der Waals surface area contributed by atoms with Gasteiger partial charge in [0.25, 0.3) is 0 Å². The molecule has 0 bridgehead atoms. The van der Waals surface area contributed by atoms with Crippen LogP contribution in [0, 0.1) is 24.1 Å². The number of nitrogens with zero attached hydrogens (tertiary/aromatic N) is 1. The standard InChI is InChI=1S/C11H12FNO/c1-9-8-10(12)4-5-11(9)14-7-3-2-6-13/h4-5,8H,2-3,7H2,1H3. The molecule has 0 fully saturated rings. The topological polar surface area (TPSA) is 33.0 Å². The first kappa shape index (κ1) is 10.5. The molecule has 0 atom stereocenters. The highest BCUT2D eigenvalue weighted by atomic mass is 19.1. The Kier molecular flexibility index (Phi) is 3.93. The average molecular weight is 193 g/mol. The number of ether oxygens (including phenoxy) is 1. The van der Waals surface area contributed by atoms with E-state index in [9.17, 15) is 4.39 Å². The van der Waals surface area contributed by atoms with Gasteiger partial charge in [0.05, 0.1) is 12.7 Å². The highest BCUT2D eigenvalue weighted by molar-refractivity contribution is 5.32. The lowest BCUT2D eigenvalue weighted by Gasteiger charge is -2.07. The van der Waals surface area contributed by atoms with Crippen molar-refractivity contribution in [1.82, 2.24) is 0 Å². The third kappa shape index (κ3) is 3.06. The van der Waals surface area contributed by atoms with E-state index in [0.29, 0.717) is 25.2 Å². The smallest absolute Gasteiger partial charge is 0.123 e. The van der Waals surface area contributed by atoms with Crippen molar-refractivity contribution in [2.45, 2.75) is 19.8 Å². The Hall–Kier alpha value is -1.56. The fourth-order valence-electron chi connectivity index (χ4n) is 1.11. The lowest BCUT2D eigenvalue weighted by atomic mass is 10.2. The largest absolute Gasteiger partial charge is 0.493 e. The van der Waals surface area contributed by atoms with E-state index in [0.717, 1.165) is 5.56 Å². The second-order valence-electron chi connectivity index (χ2n) is 3.02. The highest BCUT2D eigenvalue weighted by Gasteiger charge is 2.00. The summed E-state index contributed by atoms with van der Waals surface area (Å²) in [5, 5.41) is 8.30. The first-order valence-electron chi connectivity index (χ1n) is 4.50. The van der Waals surface area contributed by atoms with Crippen LogP contribution in [0.2, 0.25) is 0 Å². The number of benzene rings is 1. The third-order valence-electron chi connectivity index (χ3n) is 1.83. The Bertz CT molecular complexity index is 344. The van der Waals surface area contributed by atoms with Crippen LogP contribution in [0.1, 0.15) is 18.4 Å². The van der Waals surface area contributed by atoms with Gasteiger partial charge in [-0.1, -0.05) is 0 Å². The number of halogens is 1. The number of rotatable bonds is 4. The minimum atomic E-state index is -0.258. The van der Waals surface area contributed by atoms with Gasteiger partial charge in [0.15, 0.2) is 0 Å². The number of aryl methyl sites for hydroxylation is 1. The zero-order valence-electron chi connectivity index (χ0n) is 8.09. The van der Waals surface area contributed by atoms with Crippen LogP contribution in [0.4, 0.5) is 4.39 Å². The Balaban J connectivity index is 2.47. The summed E-state index contributed by atoms with van der Waals surface area (Å²) in [4.78, 5) is 0. The summed E-state index contributed by atoms with van der Waals surface area (Å²) in [5.74, 6) is 0.427. The van der Waals surface area contributed by atoms with E-state index in [2.05, 4.69) is 0 Å². The summed E-state index contributed by atoms with van der Waals surface area (Å²) in [7, 11) is 0. The van der Waals surface area contributed by atoms with Crippen LogP contribution in [0.25, 0.3) is 0 Å². The molecule has 0 N–H and O–H groups in total. The molecule has 0 saturated heterocycles. The Morgan fingerprint density at radius 1 is 1.50 bits per heavy atom. The van der Waals surface area contributed by atoms with Gasteiger partial charge in [-0.05, 0) is 37.1 Å². The molecule has 0 amide bonds. The molecule has 0 aromatic heterocycles. The van der Waals surface area contributed by atoms with Crippen LogP contribution >= 0.6 is 0 Å². The quantitative estimate of drug-likeness (QED) is 0.689. The van der Waals surface area contributed by atoms with Crippen LogP contribution in [-0.4, -0.2) is 6.61 Å². The summed E-state index contributed by atoms with van der Waals surface area (Å²) >= 11 is 0. The van der Waals surface area contributed by atoms with Gasteiger partial charge in [0.2, 0.25) is 0 Å². The minimum Gasteiger partial charge on any atom is -0.493 e. The molecule has 2 nitrogen and oxygen atoms in total. The normalized spacial score (nSPS) is 9.50. The van der Waals surface area contributed by atoms with Crippen molar-refractivity contribution in [2.24, 2.45) is 0 Å². The van der Waals surface area contributed by atoms with E-state index in [1.807, 2.05) is 6.07 Å². The van der Waals surface area contributed by atoms with Crippen LogP contribution in [0.5, 0.6) is 5.75 Å². The summed E-state index contributed by atoms with van der Waals surface area (Å²) in [6.07, 6.45) is 1.19. The van der Waals surface area contributed by atoms with Crippen molar-refractivity contribution in [1.29, 1.82) is 5.26 Å². The maximum absolute atomic E-state index is 12.7. The maximum atomic E-state index is 12.7. The predicted molar refractivity (Wildman–Crippen MR) is 51.5 cm³/mol. The fraction of sp³-hybridized carbons (Fsp3) is 0.364. The van der Waals surface area contributed by atoms with E-state index in [1.54, 1.807) is 13.0 Å². The molecular formula is C11H12FNO. The van der Waals surface area contributed by atoms with Crippen molar-refractivity contribution in [3.8, 4) is 11.8 Å². The molecule has 1 aromatic carbocycles. The molecule has 14 heavy (non-hydrogen) atoms. The molecule has 0 unspecified atom stereocenters. The second-order valence-corrected chi connectivity index (χ2v) is 3.02. The first-order valence-corrected chi connectivity index (χ1v) is 4.50. The van der Waals surface area contributed by atoms with E-state index in [1.165, 1.54) is 12.1 Å². The summed E-state index contributed by atoms with van der Waals surface area (Å²) in [6, 6.07) is 6.44. The average Bonchev–Trinajstić information content (AvgIpc) is 2.15. The second kappa shape index (κ2) is 5.23. The zero-order chi connectivity index (χ0) is 10.4. The number of hydrogen-bond donors (Lipinski definition) is 0. The zero-order valence-corrected chi connectivity index (χ0v) is 8.09. The van der Waals surface area contributed by atoms with E-state index >= 15 is 0 Å². The molecule has 0 radical (unpaired) electrons. The molecule has 74 valence electrons. The van der Waals surface area contributed by atoms with E-state index in [4.69, 9.17) is 10.00 Å². The number of nitriles is 1. The Labute approximate surface area is 82.9 Å². The van der Waals surface area contributed by atoms with Crippen LogP contribution in [0.3, 0.4) is 0 Å². The Morgan fingerprint density at radius 2 is 2.29 bits per heavy atom. The summed E-state index contributed by atoms with van der Waals surface area (Å²) in [6.45, 7) is 2.29. The molecule has 0 heterocycles. The van der Waals surface area contributed by atoms with Crippen molar-refractivity contribution in [3.63, 3.8) is 0 Å². The monoisotopic (exact) mass is 193 g/mol. The molecule has 3 heteroatoms. The van der Waals surface area contributed by atoms with Gasteiger partial charge in [0.1, 0.15) is 11.6 Å². The van der Waals surface area contributed by atoms with Crippen molar-refractivity contribution >= 4 is 0 Å². The van der Waals surface area contributed by atoms with E-state index < -0.39 is 0 Å². The number of unbranched alkanes of at least 4 members (excludes halogenated alkanes) is 1. The molecule has 0 aliphatic carbocycles. The Morgan fingerprint density at radius 3 is 2.93 bits per heavy atom. The predicted octanol–water partition coefficient (Wildman–Crippen LogP) is 2.82. The molecule has 0 aliphatic heterocycles. The van der Waals surface area contributed by atoms with E-state index in [-0.39, 0.29) is 5.82 Å². The SMILES string of the molecule is Cc1cc(F)ccc1OCCCC#N. The fourth-order valence-corrected chi connectivity index (χ4v) is 1.11. The van der Waals surface area contributed by atoms with Gasteiger partial charge in [-0.3, -0.25) is 0 Å². The molecule has 0 spiro atoms. The lowest BCUT2D eigenvalue weighted by Crippen LogP contribution is -1.98. The van der Waals surface area contributed by atoms with Gasteiger partial charge in [-0.15, -0.1) is 0 Å². The van der Waals surface area contributed by atoms with Crippen molar-refractivity contribution < 1.29 is 9.13 Å². The third-order valence-corrected chi connectivity index (χ3v) is 1.83. The molecule has 1 aromatic rings. The molecule has 0 saturated carbocycles. The maximum Gasteiger partial charge on any atom is 0.123 e.